The molecule has 1 saturated heterocycles. The number of rotatable bonds is 5. The van der Waals surface area contributed by atoms with Crippen LogP contribution in [-0.4, -0.2) is 41.6 Å². The number of thioether (sulfide) groups is 1. The SMILES string of the molecule is COC1(CNC(=O)c2cccc([N+](=O)[O-])c2C)CCSC1. The topological polar surface area (TPSA) is 81.5 Å². The Balaban J connectivity index is 2.10. The summed E-state index contributed by atoms with van der Waals surface area (Å²) in [6, 6.07) is 4.52. The molecule has 6 nitrogen and oxygen atoms in total. The normalized spacial score (nSPS) is 21.2. The van der Waals surface area contributed by atoms with Crippen molar-refractivity contribution in [2.24, 2.45) is 0 Å². The second-order valence-electron chi connectivity index (χ2n) is 5.08. The molecule has 1 atom stereocenters. The zero-order chi connectivity index (χ0) is 15.5. The standard InChI is InChI=1S/C14H18N2O4S/c1-10-11(4-3-5-12(10)16(18)19)13(17)15-8-14(20-2)6-7-21-9-14/h3-5H,6-9H2,1-2H3,(H,15,17). The predicted molar refractivity (Wildman–Crippen MR) is 81.8 cm³/mol. The number of carbonyl (C=O) groups excluding carboxylic acids is 1. The Bertz CT molecular complexity index is 556. The average molecular weight is 310 g/mol. The summed E-state index contributed by atoms with van der Waals surface area (Å²) in [7, 11) is 1.65. The summed E-state index contributed by atoms with van der Waals surface area (Å²) in [5, 5.41) is 13.8. The molecule has 0 spiro atoms. The van der Waals surface area contributed by atoms with Gasteiger partial charge in [0.25, 0.3) is 11.6 Å². The van der Waals surface area contributed by atoms with Gasteiger partial charge in [-0.3, -0.25) is 14.9 Å². The van der Waals surface area contributed by atoms with Crippen molar-refractivity contribution in [3.63, 3.8) is 0 Å². The van der Waals surface area contributed by atoms with Gasteiger partial charge in [0.2, 0.25) is 0 Å². The van der Waals surface area contributed by atoms with Crippen LogP contribution in [0.3, 0.4) is 0 Å². The third kappa shape index (κ3) is 3.36. The molecule has 0 saturated carbocycles. The fourth-order valence-corrected chi connectivity index (χ4v) is 3.76. The van der Waals surface area contributed by atoms with Crippen LogP contribution in [0.25, 0.3) is 0 Å². The van der Waals surface area contributed by atoms with Gasteiger partial charge in [-0.1, -0.05) is 6.07 Å². The van der Waals surface area contributed by atoms with Gasteiger partial charge >= 0.3 is 0 Å². The van der Waals surface area contributed by atoms with Crippen molar-refractivity contribution < 1.29 is 14.5 Å². The largest absolute Gasteiger partial charge is 0.376 e. The Morgan fingerprint density at radius 2 is 2.33 bits per heavy atom. The van der Waals surface area contributed by atoms with E-state index >= 15 is 0 Å². The number of nitro groups is 1. The molecule has 0 aromatic heterocycles. The minimum Gasteiger partial charge on any atom is -0.376 e. The number of amides is 1. The van der Waals surface area contributed by atoms with Crippen LogP contribution in [0.5, 0.6) is 0 Å². The molecule has 1 N–H and O–H groups in total. The summed E-state index contributed by atoms with van der Waals surface area (Å²) >= 11 is 1.80. The van der Waals surface area contributed by atoms with Gasteiger partial charge in [0.05, 0.1) is 10.5 Å². The molecule has 114 valence electrons. The monoisotopic (exact) mass is 310 g/mol. The van der Waals surface area contributed by atoms with E-state index in [0.717, 1.165) is 17.9 Å². The van der Waals surface area contributed by atoms with Crippen molar-refractivity contribution in [2.45, 2.75) is 18.9 Å². The third-order valence-electron chi connectivity index (χ3n) is 3.82. The highest BCUT2D eigenvalue weighted by atomic mass is 32.2. The highest BCUT2D eigenvalue weighted by Gasteiger charge is 2.35. The van der Waals surface area contributed by atoms with E-state index in [0.29, 0.717) is 17.7 Å². The van der Waals surface area contributed by atoms with Crippen LogP contribution in [0.4, 0.5) is 5.69 Å². The number of hydrogen-bond acceptors (Lipinski definition) is 5. The van der Waals surface area contributed by atoms with Gasteiger partial charge in [-0.25, -0.2) is 0 Å². The Hall–Kier alpha value is -1.60. The van der Waals surface area contributed by atoms with Gasteiger partial charge in [0.15, 0.2) is 0 Å². The van der Waals surface area contributed by atoms with Gasteiger partial charge in [-0.15, -0.1) is 0 Å². The first kappa shape index (κ1) is 15.8. The second kappa shape index (κ2) is 6.44. The van der Waals surface area contributed by atoms with Gasteiger partial charge in [-0.05, 0) is 25.2 Å². The Morgan fingerprint density at radius 1 is 1.57 bits per heavy atom. The maximum atomic E-state index is 12.3. The Morgan fingerprint density at radius 3 is 2.90 bits per heavy atom. The molecule has 21 heavy (non-hydrogen) atoms. The Labute approximate surface area is 127 Å². The fraction of sp³-hybridized carbons (Fsp3) is 0.500. The second-order valence-corrected chi connectivity index (χ2v) is 6.18. The van der Waals surface area contributed by atoms with E-state index in [-0.39, 0.29) is 17.2 Å². The minimum absolute atomic E-state index is 0.0412. The van der Waals surface area contributed by atoms with Gasteiger partial charge < -0.3 is 10.1 Å². The van der Waals surface area contributed by atoms with Crippen molar-refractivity contribution in [1.29, 1.82) is 0 Å². The van der Waals surface area contributed by atoms with E-state index in [1.807, 2.05) is 0 Å². The molecule has 7 heteroatoms. The molecule has 1 unspecified atom stereocenters. The maximum absolute atomic E-state index is 12.3. The number of benzene rings is 1. The van der Waals surface area contributed by atoms with E-state index < -0.39 is 4.92 Å². The summed E-state index contributed by atoms with van der Waals surface area (Å²) in [6.07, 6.45) is 0.891. The molecule has 0 bridgehead atoms. The molecule has 1 heterocycles. The van der Waals surface area contributed by atoms with Gasteiger partial charge in [0, 0.05) is 36.6 Å². The number of nitrogens with zero attached hydrogens (tertiary/aromatic N) is 1. The average Bonchev–Trinajstić information content (AvgIpc) is 2.94. The van der Waals surface area contributed by atoms with E-state index in [2.05, 4.69) is 5.32 Å². The minimum atomic E-state index is -0.476. The summed E-state index contributed by atoms with van der Waals surface area (Å²) in [5.74, 6) is 1.56. The molecule has 1 amide bonds. The zero-order valence-corrected chi connectivity index (χ0v) is 12.9. The van der Waals surface area contributed by atoms with E-state index in [4.69, 9.17) is 4.74 Å². The zero-order valence-electron chi connectivity index (χ0n) is 12.0. The first-order chi connectivity index (χ1) is 9.99. The number of nitro benzene ring substituents is 1. The summed E-state index contributed by atoms with van der Waals surface area (Å²) in [4.78, 5) is 22.7. The molecule has 1 aliphatic heterocycles. The number of nitrogens with one attached hydrogen (secondary N) is 1. The van der Waals surface area contributed by atoms with Crippen LogP contribution < -0.4 is 5.32 Å². The lowest BCUT2D eigenvalue weighted by Crippen LogP contribution is -2.44. The summed E-state index contributed by atoms with van der Waals surface area (Å²) in [5.41, 5.74) is 0.350. The number of methoxy groups -OCH3 is 1. The van der Waals surface area contributed by atoms with Crippen LogP contribution in [-0.2, 0) is 4.74 Å². The smallest absolute Gasteiger partial charge is 0.273 e. The van der Waals surface area contributed by atoms with Gasteiger partial charge in [-0.2, -0.15) is 11.8 Å². The quantitative estimate of drug-likeness (QED) is 0.665. The molecule has 1 aliphatic rings. The molecule has 0 aliphatic carbocycles. The molecule has 1 aromatic rings. The number of carbonyl (C=O) groups is 1. The van der Waals surface area contributed by atoms with Crippen LogP contribution in [0.2, 0.25) is 0 Å². The van der Waals surface area contributed by atoms with Crippen LogP contribution in [0.15, 0.2) is 18.2 Å². The summed E-state index contributed by atoms with van der Waals surface area (Å²) < 4.78 is 5.53. The molecule has 0 radical (unpaired) electrons. The summed E-state index contributed by atoms with van der Waals surface area (Å²) in [6.45, 7) is 2.00. The first-order valence-electron chi connectivity index (χ1n) is 6.64. The van der Waals surface area contributed by atoms with Crippen LogP contribution in [0, 0.1) is 17.0 Å². The van der Waals surface area contributed by atoms with Crippen molar-refractivity contribution in [2.75, 3.05) is 25.2 Å². The highest BCUT2D eigenvalue weighted by Crippen LogP contribution is 2.30. The Kier molecular flexibility index (Phi) is 4.84. The number of ether oxygens (including phenoxy) is 1. The third-order valence-corrected chi connectivity index (χ3v) is 5.04. The fourth-order valence-electron chi connectivity index (χ4n) is 2.36. The maximum Gasteiger partial charge on any atom is 0.273 e. The number of hydrogen-bond donors (Lipinski definition) is 1. The van der Waals surface area contributed by atoms with Crippen molar-refractivity contribution in [3.8, 4) is 0 Å². The van der Waals surface area contributed by atoms with E-state index in [1.165, 1.54) is 12.1 Å². The van der Waals surface area contributed by atoms with Crippen LogP contribution >= 0.6 is 11.8 Å². The van der Waals surface area contributed by atoms with E-state index in [9.17, 15) is 14.9 Å². The molecule has 1 aromatic carbocycles. The molecule has 1 fully saturated rings. The lowest BCUT2D eigenvalue weighted by atomic mass is 10.0. The molecular weight excluding hydrogens is 292 g/mol. The first-order valence-corrected chi connectivity index (χ1v) is 7.80. The van der Waals surface area contributed by atoms with Crippen LogP contribution in [0.1, 0.15) is 22.3 Å². The molecular formula is C14H18N2O4S. The molecule has 2 rings (SSSR count). The van der Waals surface area contributed by atoms with E-state index in [1.54, 1.807) is 31.9 Å². The highest BCUT2D eigenvalue weighted by molar-refractivity contribution is 7.99. The lowest BCUT2D eigenvalue weighted by molar-refractivity contribution is -0.385. The lowest BCUT2D eigenvalue weighted by Gasteiger charge is -2.26. The van der Waals surface area contributed by atoms with Crippen molar-refractivity contribution in [1.82, 2.24) is 5.32 Å². The van der Waals surface area contributed by atoms with Gasteiger partial charge in [0.1, 0.15) is 0 Å². The predicted octanol–water partition coefficient (Wildman–Crippen LogP) is 2.16. The van der Waals surface area contributed by atoms with Crippen molar-refractivity contribution >= 4 is 23.4 Å². The van der Waals surface area contributed by atoms with Crippen molar-refractivity contribution in [3.05, 3.63) is 39.4 Å².